The number of methoxy groups -OCH3 is 1. The first-order valence-corrected chi connectivity index (χ1v) is 6.12. The van der Waals surface area contributed by atoms with Crippen LogP contribution in [0.4, 0.5) is 0 Å². The smallest absolute Gasteiger partial charge is 0.223 e. The van der Waals surface area contributed by atoms with Crippen molar-refractivity contribution in [2.75, 3.05) is 27.7 Å². The van der Waals surface area contributed by atoms with Crippen LogP contribution in [0, 0.1) is 0 Å². The summed E-state index contributed by atoms with van der Waals surface area (Å²) < 4.78 is 5.12. The first kappa shape index (κ1) is 14.5. The highest BCUT2D eigenvalue weighted by molar-refractivity contribution is 5.75. The van der Waals surface area contributed by atoms with Crippen LogP contribution in [0.25, 0.3) is 0 Å². The van der Waals surface area contributed by atoms with Crippen LogP contribution in [0.15, 0.2) is 24.3 Å². The second-order valence-electron chi connectivity index (χ2n) is 4.49. The molecule has 1 aromatic carbocycles. The number of carbonyl (C=O) groups excluding carboxylic acids is 1. The molecule has 0 saturated carbocycles. The fraction of sp³-hybridized carbons (Fsp3) is 0.500. The molecule has 0 aliphatic rings. The van der Waals surface area contributed by atoms with Crippen LogP contribution in [0.5, 0.6) is 5.75 Å². The lowest BCUT2D eigenvalue weighted by atomic mass is 10.1. The summed E-state index contributed by atoms with van der Waals surface area (Å²) in [6, 6.07) is 8.18. The second kappa shape index (κ2) is 7.01. The molecule has 0 bridgehead atoms. The number of rotatable bonds is 6. The van der Waals surface area contributed by atoms with Crippen LogP contribution < -0.4 is 10.1 Å². The minimum Gasteiger partial charge on any atom is -0.497 e. The van der Waals surface area contributed by atoms with E-state index in [0.717, 1.165) is 5.75 Å². The Morgan fingerprint density at radius 2 is 1.94 bits per heavy atom. The molecule has 1 rings (SSSR count). The molecule has 0 aromatic heterocycles. The van der Waals surface area contributed by atoms with Gasteiger partial charge in [0, 0.05) is 33.1 Å². The molecule has 1 N–H and O–H groups in total. The van der Waals surface area contributed by atoms with Gasteiger partial charge in [-0.2, -0.15) is 0 Å². The van der Waals surface area contributed by atoms with Crippen molar-refractivity contribution in [1.82, 2.24) is 10.2 Å². The molecule has 0 aliphatic carbocycles. The molecule has 4 nitrogen and oxygen atoms in total. The normalized spacial score (nSPS) is 12.0. The van der Waals surface area contributed by atoms with Crippen molar-refractivity contribution in [2.24, 2.45) is 0 Å². The van der Waals surface area contributed by atoms with E-state index in [0.29, 0.717) is 13.0 Å². The van der Waals surface area contributed by atoms with Crippen LogP contribution >= 0.6 is 0 Å². The average Bonchev–Trinajstić information content (AvgIpc) is 2.38. The van der Waals surface area contributed by atoms with Gasteiger partial charge in [-0.15, -0.1) is 0 Å². The summed E-state index contributed by atoms with van der Waals surface area (Å²) in [4.78, 5) is 13.0. The van der Waals surface area contributed by atoms with Gasteiger partial charge in [-0.25, -0.2) is 0 Å². The van der Waals surface area contributed by atoms with E-state index < -0.39 is 0 Å². The standard InChI is InChI=1S/C14H22N2O2/c1-11(15-10-9-14(17)16(2)3)12-5-7-13(18-4)8-6-12/h5-8,11,15H,9-10H2,1-4H3/t11-/m0/s1. The van der Waals surface area contributed by atoms with Crippen LogP contribution in [0.3, 0.4) is 0 Å². The number of hydrogen-bond donors (Lipinski definition) is 1. The number of benzene rings is 1. The molecule has 0 aliphatic heterocycles. The number of ether oxygens (including phenoxy) is 1. The summed E-state index contributed by atoms with van der Waals surface area (Å²) in [6.45, 7) is 2.77. The van der Waals surface area contributed by atoms with Crippen LogP contribution in [-0.2, 0) is 4.79 Å². The van der Waals surface area contributed by atoms with Crippen LogP contribution in [0.2, 0.25) is 0 Å². The molecular formula is C14H22N2O2. The van der Waals surface area contributed by atoms with Gasteiger partial charge in [-0.05, 0) is 24.6 Å². The Labute approximate surface area is 109 Å². The average molecular weight is 250 g/mol. The third kappa shape index (κ3) is 4.37. The highest BCUT2D eigenvalue weighted by atomic mass is 16.5. The van der Waals surface area contributed by atoms with Crippen molar-refractivity contribution >= 4 is 5.91 Å². The maximum absolute atomic E-state index is 11.4. The fourth-order valence-corrected chi connectivity index (χ4v) is 1.63. The van der Waals surface area contributed by atoms with E-state index in [1.165, 1.54) is 5.56 Å². The predicted molar refractivity (Wildman–Crippen MR) is 72.7 cm³/mol. The van der Waals surface area contributed by atoms with Gasteiger partial charge >= 0.3 is 0 Å². The van der Waals surface area contributed by atoms with Crippen molar-refractivity contribution in [3.8, 4) is 5.75 Å². The Kier molecular flexibility index (Phi) is 5.65. The van der Waals surface area contributed by atoms with Crippen molar-refractivity contribution in [1.29, 1.82) is 0 Å². The lowest BCUT2D eigenvalue weighted by molar-refractivity contribution is -0.128. The lowest BCUT2D eigenvalue weighted by Crippen LogP contribution is -2.28. The van der Waals surface area contributed by atoms with E-state index in [9.17, 15) is 4.79 Å². The number of hydrogen-bond acceptors (Lipinski definition) is 3. The first-order valence-electron chi connectivity index (χ1n) is 6.12. The largest absolute Gasteiger partial charge is 0.497 e. The summed E-state index contributed by atoms with van der Waals surface area (Å²) >= 11 is 0. The van der Waals surface area contributed by atoms with E-state index in [1.54, 1.807) is 26.1 Å². The zero-order chi connectivity index (χ0) is 13.5. The van der Waals surface area contributed by atoms with Gasteiger partial charge in [0.1, 0.15) is 5.75 Å². The summed E-state index contributed by atoms with van der Waals surface area (Å²) in [6.07, 6.45) is 0.521. The highest BCUT2D eigenvalue weighted by Gasteiger charge is 2.07. The molecule has 0 heterocycles. The van der Waals surface area contributed by atoms with E-state index in [1.807, 2.05) is 24.3 Å². The summed E-state index contributed by atoms with van der Waals surface area (Å²) in [5.74, 6) is 0.998. The van der Waals surface area contributed by atoms with Gasteiger partial charge < -0.3 is 15.0 Å². The van der Waals surface area contributed by atoms with Crippen LogP contribution in [0.1, 0.15) is 24.9 Å². The summed E-state index contributed by atoms with van der Waals surface area (Å²) in [5, 5.41) is 3.33. The molecular weight excluding hydrogens is 228 g/mol. The van der Waals surface area contributed by atoms with E-state index in [2.05, 4.69) is 12.2 Å². The number of carbonyl (C=O) groups is 1. The van der Waals surface area contributed by atoms with E-state index >= 15 is 0 Å². The van der Waals surface area contributed by atoms with Crippen LogP contribution in [-0.4, -0.2) is 38.6 Å². The summed E-state index contributed by atoms with van der Waals surface area (Å²) in [7, 11) is 5.20. The van der Waals surface area contributed by atoms with Crippen molar-refractivity contribution < 1.29 is 9.53 Å². The molecule has 4 heteroatoms. The molecule has 1 aromatic rings. The zero-order valence-electron chi connectivity index (χ0n) is 11.6. The third-order valence-electron chi connectivity index (χ3n) is 2.90. The Morgan fingerprint density at radius 3 is 2.44 bits per heavy atom. The highest BCUT2D eigenvalue weighted by Crippen LogP contribution is 2.16. The summed E-state index contributed by atoms with van der Waals surface area (Å²) in [5.41, 5.74) is 1.19. The Morgan fingerprint density at radius 1 is 1.33 bits per heavy atom. The number of nitrogens with zero attached hydrogens (tertiary/aromatic N) is 1. The second-order valence-corrected chi connectivity index (χ2v) is 4.49. The molecule has 100 valence electrons. The molecule has 0 saturated heterocycles. The fourth-order valence-electron chi connectivity index (χ4n) is 1.63. The number of nitrogens with one attached hydrogen (secondary N) is 1. The monoisotopic (exact) mass is 250 g/mol. The Bertz CT molecular complexity index is 374. The zero-order valence-corrected chi connectivity index (χ0v) is 11.6. The molecule has 1 atom stereocenters. The molecule has 0 fully saturated rings. The molecule has 0 unspecified atom stereocenters. The minimum absolute atomic E-state index is 0.143. The van der Waals surface area contributed by atoms with Gasteiger partial charge in [0.15, 0.2) is 0 Å². The van der Waals surface area contributed by atoms with Gasteiger partial charge in [0.25, 0.3) is 0 Å². The Balaban J connectivity index is 2.40. The molecule has 1 amide bonds. The maximum atomic E-state index is 11.4. The lowest BCUT2D eigenvalue weighted by Gasteiger charge is -2.16. The van der Waals surface area contributed by atoms with E-state index in [-0.39, 0.29) is 11.9 Å². The SMILES string of the molecule is COc1ccc([C@H](C)NCCC(=O)N(C)C)cc1. The van der Waals surface area contributed by atoms with Gasteiger partial charge in [0.05, 0.1) is 7.11 Å². The first-order chi connectivity index (χ1) is 8.54. The van der Waals surface area contributed by atoms with Gasteiger partial charge in [-0.1, -0.05) is 12.1 Å². The third-order valence-corrected chi connectivity index (χ3v) is 2.90. The van der Waals surface area contributed by atoms with Crippen molar-refractivity contribution in [3.05, 3.63) is 29.8 Å². The number of amides is 1. The predicted octanol–water partition coefficient (Wildman–Crippen LogP) is 1.82. The van der Waals surface area contributed by atoms with Crippen molar-refractivity contribution in [2.45, 2.75) is 19.4 Å². The topological polar surface area (TPSA) is 41.6 Å². The molecule has 0 radical (unpaired) electrons. The molecule has 0 spiro atoms. The quantitative estimate of drug-likeness (QED) is 0.837. The maximum Gasteiger partial charge on any atom is 0.223 e. The van der Waals surface area contributed by atoms with Gasteiger partial charge in [-0.3, -0.25) is 4.79 Å². The van der Waals surface area contributed by atoms with E-state index in [4.69, 9.17) is 4.74 Å². The Hall–Kier alpha value is -1.55. The van der Waals surface area contributed by atoms with Crippen molar-refractivity contribution in [3.63, 3.8) is 0 Å². The minimum atomic E-state index is 0.143. The molecule has 18 heavy (non-hydrogen) atoms. The van der Waals surface area contributed by atoms with Gasteiger partial charge in [0.2, 0.25) is 5.91 Å².